The first-order chi connectivity index (χ1) is 12.7. The summed E-state index contributed by atoms with van der Waals surface area (Å²) in [6, 6.07) is 8.88. The standard InChI is InChI=1S/C21H27N3O2/c1-14-5-3-8-20-22-13-19(24(14)20)18(12-21(25)23-16-9-10-16)15-6-4-7-17(11-15)26-2/h4,6-7,11,13-14,16,18H,3,5,8-10,12H2,1-2H3,(H,23,25)/t14-,18+/m0/s1. The van der Waals surface area contributed by atoms with E-state index in [1.165, 1.54) is 6.42 Å². The van der Waals surface area contributed by atoms with Crippen LogP contribution in [0.2, 0.25) is 0 Å². The summed E-state index contributed by atoms with van der Waals surface area (Å²) in [5.41, 5.74) is 2.25. The van der Waals surface area contributed by atoms with Gasteiger partial charge in [0.25, 0.3) is 0 Å². The number of carbonyl (C=O) groups is 1. The summed E-state index contributed by atoms with van der Waals surface area (Å²) in [7, 11) is 1.68. The molecule has 1 fully saturated rings. The molecule has 2 aromatic rings. The molecule has 0 spiro atoms. The third kappa shape index (κ3) is 3.48. The van der Waals surface area contributed by atoms with Crippen LogP contribution in [0.3, 0.4) is 0 Å². The summed E-state index contributed by atoms with van der Waals surface area (Å²) in [6.07, 6.45) is 8.00. The van der Waals surface area contributed by atoms with Gasteiger partial charge in [-0.3, -0.25) is 4.79 Å². The van der Waals surface area contributed by atoms with Crippen LogP contribution < -0.4 is 10.1 Å². The molecule has 26 heavy (non-hydrogen) atoms. The maximum atomic E-state index is 12.6. The number of nitrogens with one attached hydrogen (secondary N) is 1. The lowest BCUT2D eigenvalue weighted by atomic mass is 9.91. The Labute approximate surface area is 154 Å². The van der Waals surface area contributed by atoms with Crippen molar-refractivity contribution in [3.05, 3.63) is 47.5 Å². The highest BCUT2D eigenvalue weighted by molar-refractivity contribution is 5.78. The van der Waals surface area contributed by atoms with Gasteiger partial charge in [0.05, 0.1) is 7.11 Å². The molecule has 0 saturated heterocycles. The molecule has 1 aliphatic carbocycles. The van der Waals surface area contributed by atoms with E-state index in [9.17, 15) is 4.79 Å². The van der Waals surface area contributed by atoms with E-state index in [0.29, 0.717) is 18.5 Å². The van der Waals surface area contributed by atoms with E-state index in [2.05, 4.69) is 27.9 Å². The Hall–Kier alpha value is -2.30. The third-order valence-electron chi connectivity index (χ3n) is 5.55. The van der Waals surface area contributed by atoms with Gasteiger partial charge >= 0.3 is 0 Å². The van der Waals surface area contributed by atoms with Crippen LogP contribution in [0, 0.1) is 0 Å². The third-order valence-corrected chi connectivity index (χ3v) is 5.55. The van der Waals surface area contributed by atoms with Crippen LogP contribution in [0.4, 0.5) is 0 Å². The second-order valence-electron chi connectivity index (χ2n) is 7.59. The fourth-order valence-corrected chi connectivity index (χ4v) is 4.00. The van der Waals surface area contributed by atoms with Gasteiger partial charge in [0.1, 0.15) is 11.6 Å². The molecule has 5 heteroatoms. The molecule has 1 aromatic carbocycles. The Kier molecular flexibility index (Phi) is 4.70. The maximum absolute atomic E-state index is 12.6. The predicted molar refractivity (Wildman–Crippen MR) is 100 cm³/mol. The summed E-state index contributed by atoms with van der Waals surface area (Å²) in [6.45, 7) is 2.25. The molecule has 1 N–H and O–H groups in total. The average Bonchev–Trinajstić information content (AvgIpc) is 3.35. The zero-order valence-corrected chi connectivity index (χ0v) is 15.6. The van der Waals surface area contributed by atoms with Crippen LogP contribution in [-0.4, -0.2) is 28.6 Å². The molecule has 138 valence electrons. The van der Waals surface area contributed by atoms with Crippen molar-refractivity contribution in [2.24, 2.45) is 0 Å². The lowest BCUT2D eigenvalue weighted by Gasteiger charge is -2.27. The number of rotatable bonds is 6. The summed E-state index contributed by atoms with van der Waals surface area (Å²) >= 11 is 0. The maximum Gasteiger partial charge on any atom is 0.221 e. The SMILES string of the molecule is COc1cccc([C@@H](CC(=O)NC2CC2)c2cnc3n2[C@@H](C)CCC3)c1. The number of ether oxygens (including phenoxy) is 1. The fourth-order valence-electron chi connectivity index (χ4n) is 4.00. The van der Waals surface area contributed by atoms with E-state index < -0.39 is 0 Å². The number of fused-ring (bicyclic) bond motifs is 1. The summed E-state index contributed by atoms with van der Waals surface area (Å²) in [5.74, 6) is 2.08. The zero-order chi connectivity index (χ0) is 18.1. The first kappa shape index (κ1) is 17.1. The van der Waals surface area contributed by atoms with Gasteiger partial charge in [0, 0.05) is 42.7 Å². The Balaban J connectivity index is 1.70. The molecule has 4 rings (SSSR count). The minimum absolute atomic E-state index is 0.00866. The average molecular weight is 353 g/mol. The molecule has 0 radical (unpaired) electrons. The number of hydrogen-bond donors (Lipinski definition) is 1. The molecule has 5 nitrogen and oxygen atoms in total. The minimum atomic E-state index is -0.00866. The molecule has 1 saturated carbocycles. The lowest BCUT2D eigenvalue weighted by Crippen LogP contribution is -2.28. The number of aryl methyl sites for hydroxylation is 1. The number of amides is 1. The molecule has 0 unspecified atom stereocenters. The summed E-state index contributed by atoms with van der Waals surface area (Å²) in [4.78, 5) is 17.3. The highest BCUT2D eigenvalue weighted by atomic mass is 16.5. The van der Waals surface area contributed by atoms with Gasteiger partial charge in [-0.05, 0) is 50.3 Å². The Morgan fingerprint density at radius 2 is 2.23 bits per heavy atom. The van der Waals surface area contributed by atoms with Crippen LogP contribution in [0.5, 0.6) is 5.75 Å². The van der Waals surface area contributed by atoms with Crippen LogP contribution >= 0.6 is 0 Å². The van der Waals surface area contributed by atoms with Crippen molar-refractivity contribution in [2.45, 2.75) is 63.5 Å². The quantitative estimate of drug-likeness (QED) is 0.863. The van der Waals surface area contributed by atoms with Gasteiger partial charge in [-0.1, -0.05) is 12.1 Å². The molecular weight excluding hydrogens is 326 g/mol. The van der Waals surface area contributed by atoms with Gasteiger partial charge in [0.2, 0.25) is 5.91 Å². The highest BCUT2D eigenvalue weighted by Crippen LogP contribution is 2.35. The molecule has 0 bridgehead atoms. The normalized spacial score (nSPS) is 20.3. The van der Waals surface area contributed by atoms with Gasteiger partial charge in [-0.15, -0.1) is 0 Å². The second-order valence-corrected chi connectivity index (χ2v) is 7.59. The van der Waals surface area contributed by atoms with E-state index in [0.717, 1.165) is 48.5 Å². The van der Waals surface area contributed by atoms with E-state index in [1.54, 1.807) is 7.11 Å². The van der Waals surface area contributed by atoms with Crippen LogP contribution in [-0.2, 0) is 11.2 Å². The zero-order valence-electron chi connectivity index (χ0n) is 15.6. The monoisotopic (exact) mass is 353 g/mol. The van der Waals surface area contributed by atoms with E-state index in [1.807, 2.05) is 24.4 Å². The summed E-state index contributed by atoms with van der Waals surface area (Å²) in [5, 5.41) is 3.14. The molecule has 2 aliphatic rings. The lowest BCUT2D eigenvalue weighted by molar-refractivity contribution is -0.121. The second kappa shape index (κ2) is 7.14. The number of aromatic nitrogens is 2. The minimum Gasteiger partial charge on any atom is -0.497 e. The number of hydrogen-bond acceptors (Lipinski definition) is 3. The van der Waals surface area contributed by atoms with Crippen molar-refractivity contribution in [2.75, 3.05) is 7.11 Å². The molecule has 1 aliphatic heterocycles. The molecular formula is C21H27N3O2. The van der Waals surface area contributed by atoms with E-state index in [-0.39, 0.29) is 11.8 Å². The molecule has 2 heterocycles. The number of methoxy groups -OCH3 is 1. The fraction of sp³-hybridized carbons (Fsp3) is 0.524. The van der Waals surface area contributed by atoms with Gasteiger partial charge in [0.15, 0.2) is 0 Å². The van der Waals surface area contributed by atoms with Gasteiger partial charge < -0.3 is 14.6 Å². The molecule has 2 atom stereocenters. The van der Waals surface area contributed by atoms with Crippen molar-refractivity contribution >= 4 is 5.91 Å². The van der Waals surface area contributed by atoms with Crippen molar-refractivity contribution in [1.29, 1.82) is 0 Å². The predicted octanol–water partition coefficient (Wildman–Crippen LogP) is 3.59. The van der Waals surface area contributed by atoms with Crippen LogP contribution in [0.25, 0.3) is 0 Å². The molecule has 1 amide bonds. The van der Waals surface area contributed by atoms with Crippen molar-refractivity contribution in [3.63, 3.8) is 0 Å². The first-order valence-electron chi connectivity index (χ1n) is 9.65. The Morgan fingerprint density at radius 3 is 3.00 bits per heavy atom. The Morgan fingerprint density at radius 1 is 1.38 bits per heavy atom. The van der Waals surface area contributed by atoms with Crippen LogP contribution in [0.1, 0.15) is 68.1 Å². The Bertz CT molecular complexity index is 794. The summed E-state index contributed by atoms with van der Waals surface area (Å²) < 4.78 is 7.77. The number of benzene rings is 1. The number of nitrogens with zero attached hydrogens (tertiary/aromatic N) is 2. The van der Waals surface area contributed by atoms with Crippen molar-refractivity contribution in [1.82, 2.24) is 14.9 Å². The van der Waals surface area contributed by atoms with Crippen LogP contribution in [0.15, 0.2) is 30.5 Å². The van der Waals surface area contributed by atoms with E-state index >= 15 is 0 Å². The number of carbonyl (C=O) groups excluding carboxylic acids is 1. The van der Waals surface area contributed by atoms with E-state index in [4.69, 9.17) is 4.74 Å². The van der Waals surface area contributed by atoms with Crippen molar-refractivity contribution in [3.8, 4) is 5.75 Å². The highest BCUT2D eigenvalue weighted by Gasteiger charge is 2.30. The largest absolute Gasteiger partial charge is 0.497 e. The van der Waals surface area contributed by atoms with Crippen molar-refractivity contribution < 1.29 is 9.53 Å². The van der Waals surface area contributed by atoms with Gasteiger partial charge in [-0.2, -0.15) is 0 Å². The van der Waals surface area contributed by atoms with Gasteiger partial charge in [-0.25, -0.2) is 4.98 Å². The molecule has 1 aromatic heterocycles. The number of imidazole rings is 1. The smallest absolute Gasteiger partial charge is 0.221 e. The topological polar surface area (TPSA) is 56.1 Å². The first-order valence-corrected chi connectivity index (χ1v) is 9.65.